The van der Waals surface area contributed by atoms with Gasteiger partial charge in [-0.25, -0.2) is 13.2 Å². The van der Waals surface area contributed by atoms with E-state index in [1.165, 1.54) is 36.4 Å². The fourth-order valence-electron chi connectivity index (χ4n) is 3.58. The molecule has 0 heterocycles. The highest BCUT2D eigenvalue weighted by molar-refractivity contribution is 7.92. The first-order chi connectivity index (χ1) is 19.3. The average Bonchev–Trinajstić information content (AvgIpc) is 2.92. The molecule has 2 N–H and O–H groups in total. The van der Waals surface area contributed by atoms with Gasteiger partial charge in [0.15, 0.2) is 0 Å². The van der Waals surface area contributed by atoms with E-state index in [1.54, 1.807) is 32.9 Å². The molecule has 0 fully saturated rings. The Bertz CT molecular complexity index is 1470. The Morgan fingerprint density at radius 2 is 1.56 bits per heavy atom. The van der Waals surface area contributed by atoms with Crippen LogP contribution in [0, 0.1) is 0 Å². The first kappa shape index (κ1) is 31.4. The van der Waals surface area contributed by atoms with Crippen LogP contribution in [-0.2, 0) is 30.9 Å². The minimum absolute atomic E-state index is 0.0704. The molecule has 0 unspecified atom stereocenters. The van der Waals surface area contributed by atoms with Crippen LogP contribution >= 0.6 is 11.6 Å². The third kappa shape index (κ3) is 9.80. The van der Waals surface area contributed by atoms with Gasteiger partial charge in [0.05, 0.1) is 10.6 Å². The third-order valence-corrected chi connectivity index (χ3v) is 7.37. The Hall–Kier alpha value is -4.09. The number of hydrogen-bond acceptors (Lipinski definition) is 7. The van der Waals surface area contributed by atoms with Gasteiger partial charge >= 0.3 is 12.1 Å². The van der Waals surface area contributed by atoms with Crippen molar-refractivity contribution < 1.29 is 32.3 Å². The Kier molecular flexibility index (Phi) is 10.7. The van der Waals surface area contributed by atoms with Gasteiger partial charge in [0.25, 0.3) is 15.9 Å². The first-order valence-corrected chi connectivity index (χ1v) is 14.5. The maximum absolute atomic E-state index is 13.7. The number of carbonyl (C=O) groups is 3. The number of benzene rings is 3. The van der Waals surface area contributed by atoms with Crippen LogP contribution in [0.3, 0.4) is 0 Å². The van der Waals surface area contributed by atoms with Gasteiger partial charge in [0.2, 0.25) is 0 Å². The van der Waals surface area contributed by atoms with Crippen LogP contribution in [0.2, 0.25) is 5.02 Å². The molecule has 0 aliphatic heterocycles. The van der Waals surface area contributed by atoms with Gasteiger partial charge in [0, 0.05) is 23.7 Å². The van der Waals surface area contributed by atoms with Crippen LogP contribution in [0.25, 0.3) is 0 Å². The molecule has 0 saturated heterocycles. The predicted octanol–water partition coefficient (Wildman–Crippen LogP) is 4.53. The lowest BCUT2D eigenvalue weighted by Crippen LogP contribution is -2.39. The summed E-state index contributed by atoms with van der Waals surface area (Å²) in [6.45, 7) is 4.69. The van der Waals surface area contributed by atoms with E-state index in [9.17, 15) is 22.8 Å². The van der Waals surface area contributed by atoms with E-state index in [2.05, 4.69) is 10.6 Å². The molecule has 3 aromatic rings. The number of hydrogen-bond donors (Lipinski definition) is 2. The molecule has 2 amide bonds. The van der Waals surface area contributed by atoms with Crippen molar-refractivity contribution in [1.82, 2.24) is 10.6 Å². The highest BCUT2D eigenvalue weighted by Gasteiger charge is 2.30. The number of amides is 2. The monoisotopic (exact) mass is 601 g/mol. The summed E-state index contributed by atoms with van der Waals surface area (Å²) in [4.78, 5) is 37.0. The first-order valence-electron chi connectivity index (χ1n) is 12.7. The highest BCUT2D eigenvalue weighted by atomic mass is 35.5. The lowest BCUT2D eigenvalue weighted by atomic mass is 10.2. The predicted molar refractivity (Wildman–Crippen MR) is 155 cm³/mol. The van der Waals surface area contributed by atoms with Crippen LogP contribution in [0.1, 0.15) is 36.7 Å². The number of nitrogens with zero attached hydrogens (tertiary/aromatic N) is 1. The fourth-order valence-corrected chi connectivity index (χ4v) is 5.21. The summed E-state index contributed by atoms with van der Waals surface area (Å²) in [5.74, 6) is -1.31. The number of ether oxygens (including phenoxy) is 2. The minimum atomic E-state index is -4.32. The molecule has 0 bridgehead atoms. The Morgan fingerprint density at radius 3 is 2.24 bits per heavy atom. The lowest BCUT2D eigenvalue weighted by molar-refractivity contribution is -0.152. The van der Waals surface area contributed by atoms with Gasteiger partial charge in [-0.05, 0) is 62.7 Å². The molecule has 0 saturated carbocycles. The van der Waals surface area contributed by atoms with E-state index in [0.29, 0.717) is 0 Å². The van der Waals surface area contributed by atoms with Crippen LogP contribution in [0.5, 0.6) is 0 Å². The maximum Gasteiger partial charge on any atom is 0.407 e. The molecule has 0 radical (unpaired) electrons. The molecular formula is C29H32ClN3O7S. The second-order valence-corrected chi connectivity index (χ2v) is 12.1. The quantitative estimate of drug-likeness (QED) is 0.244. The van der Waals surface area contributed by atoms with Gasteiger partial charge in [-0.15, -0.1) is 0 Å². The molecule has 12 heteroatoms. The number of anilines is 1. The van der Waals surface area contributed by atoms with Crippen molar-refractivity contribution in [2.75, 3.05) is 23.9 Å². The third-order valence-electron chi connectivity index (χ3n) is 5.37. The van der Waals surface area contributed by atoms with E-state index in [-0.39, 0.29) is 40.9 Å². The van der Waals surface area contributed by atoms with Crippen LogP contribution in [0.4, 0.5) is 10.5 Å². The number of halogens is 1. The zero-order valence-electron chi connectivity index (χ0n) is 22.9. The van der Waals surface area contributed by atoms with E-state index in [1.807, 2.05) is 30.3 Å². The van der Waals surface area contributed by atoms with Gasteiger partial charge in [-0.3, -0.25) is 13.9 Å². The molecule has 0 aliphatic rings. The molecule has 3 aromatic carbocycles. The summed E-state index contributed by atoms with van der Waals surface area (Å²) < 4.78 is 38.7. The Morgan fingerprint density at radius 1 is 0.878 bits per heavy atom. The zero-order chi connectivity index (χ0) is 30.0. The molecule has 218 valence electrons. The van der Waals surface area contributed by atoms with Crippen molar-refractivity contribution in [2.45, 2.75) is 37.9 Å². The van der Waals surface area contributed by atoms with Gasteiger partial charge in [-0.1, -0.05) is 54.1 Å². The number of esters is 1. The van der Waals surface area contributed by atoms with Crippen molar-refractivity contribution >= 4 is 45.3 Å². The summed E-state index contributed by atoms with van der Waals surface area (Å²) in [5, 5.41) is 5.43. The number of nitrogens with one attached hydrogen (secondary N) is 2. The molecule has 41 heavy (non-hydrogen) atoms. The topological polar surface area (TPSA) is 131 Å². The molecule has 0 aromatic heterocycles. The standard InChI is InChI=1S/C29H32ClN3O7S/c1-29(2,3)40-26(34)19-33(24-13-8-12-23(30)18-24)41(37,38)25-14-7-11-22(17-25)27(35)31-15-16-32-28(36)39-20-21-9-5-4-6-10-21/h4-14,17-18H,15-16,19-20H2,1-3H3,(H,31,35)(H,32,36). The van der Waals surface area contributed by atoms with Crippen LogP contribution < -0.4 is 14.9 Å². The van der Waals surface area contributed by atoms with Gasteiger partial charge < -0.3 is 20.1 Å². The molecule has 10 nitrogen and oxygen atoms in total. The number of sulfonamides is 1. The molecule has 0 spiro atoms. The molecule has 0 aliphatic carbocycles. The summed E-state index contributed by atoms with van der Waals surface area (Å²) in [7, 11) is -4.32. The van der Waals surface area contributed by atoms with Gasteiger partial charge in [0.1, 0.15) is 18.8 Å². The fraction of sp³-hybridized carbons (Fsp3) is 0.276. The average molecular weight is 602 g/mol. The minimum Gasteiger partial charge on any atom is -0.459 e. The number of alkyl carbamates (subject to hydrolysis) is 1. The molecular weight excluding hydrogens is 570 g/mol. The smallest absolute Gasteiger partial charge is 0.407 e. The zero-order valence-corrected chi connectivity index (χ0v) is 24.5. The van der Waals surface area contributed by atoms with E-state index in [0.717, 1.165) is 9.87 Å². The largest absolute Gasteiger partial charge is 0.459 e. The number of carbonyl (C=O) groups excluding carboxylic acids is 3. The second-order valence-electron chi connectivity index (χ2n) is 9.85. The Balaban J connectivity index is 1.66. The van der Waals surface area contributed by atoms with Crippen molar-refractivity contribution in [3.05, 3.63) is 95.0 Å². The summed E-state index contributed by atoms with van der Waals surface area (Å²) in [6.07, 6.45) is -0.637. The van der Waals surface area contributed by atoms with Crippen molar-refractivity contribution in [2.24, 2.45) is 0 Å². The second kappa shape index (κ2) is 14.0. The summed E-state index contributed by atoms with van der Waals surface area (Å²) in [6, 6.07) is 20.6. The lowest BCUT2D eigenvalue weighted by Gasteiger charge is -2.26. The normalized spacial score (nSPS) is 11.3. The summed E-state index contributed by atoms with van der Waals surface area (Å²) in [5.41, 5.74) is 0.238. The van der Waals surface area contributed by atoms with Crippen molar-refractivity contribution in [3.63, 3.8) is 0 Å². The molecule has 0 atom stereocenters. The number of rotatable bonds is 11. The van der Waals surface area contributed by atoms with E-state index < -0.39 is 40.1 Å². The summed E-state index contributed by atoms with van der Waals surface area (Å²) >= 11 is 6.10. The van der Waals surface area contributed by atoms with Crippen LogP contribution in [-0.4, -0.2) is 51.6 Å². The van der Waals surface area contributed by atoms with E-state index in [4.69, 9.17) is 21.1 Å². The molecule has 3 rings (SSSR count). The maximum atomic E-state index is 13.7. The van der Waals surface area contributed by atoms with E-state index >= 15 is 0 Å². The SMILES string of the molecule is CC(C)(C)OC(=O)CN(c1cccc(Cl)c1)S(=O)(=O)c1cccc(C(=O)NCCNC(=O)OCc2ccccc2)c1. The van der Waals surface area contributed by atoms with Crippen LogP contribution in [0.15, 0.2) is 83.8 Å². The van der Waals surface area contributed by atoms with Crippen molar-refractivity contribution in [1.29, 1.82) is 0 Å². The Labute approximate surface area is 244 Å². The van der Waals surface area contributed by atoms with Crippen molar-refractivity contribution in [3.8, 4) is 0 Å². The van der Waals surface area contributed by atoms with Gasteiger partial charge in [-0.2, -0.15) is 0 Å². The highest BCUT2D eigenvalue weighted by Crippen LogP contribution is 2.27.